The van der Waals surface area contributed by atoms with E-state index in [1.807, 2.05) is 29.2 Å². The highest BCUT2D eigenvalue weighted by Gasteiger charge is 2.19. The lowest BCUT2D eigenvalue weighted by Gasteiger charge is -2.27. The van der Waals surface area contributed by atoms with E-state index >= 15 is 0 Å². The van der Waals surface area contributed by atoms with Gasteiger partial charge in [0, 0.05) is 31.6 Å². The van der Waals surface area contributed by atoms with Crippen LogP contribution in [-0.4, -0.2) is 18.4 Å². The maximum absolute atomic E-state index is 12.2. The van der Waals surface area contributed by atoms with E-state index < -0.39 is 0 Å². The number of anilines is 1. The van der Waals surface area contributed by atoms with Gasteiger partial charge in [-0.1, -0.05) is 35.9 Å². The lowest BCUT2D eigenvalue weighted by molar-refractivity contribution is -0.121. The number of aryl methyl sites for hydroxylation is 3. The number of hydrogen-bond donors (Lipinski definition) is 1. The van der Waals surface area contributed by atoms with E-state index in [1.165, 1.54) is 16.7 Å². The molecule has 0 saturated carbocycles. The maximum Gasteiger partial charge on any atom is 0.226 e. The Morgan fingerprint density at radius 3 is 2.74 bits per heavy atom. The quantitative estimate of drug-likeness (QED) is 0.840. The van der Waals surface area contributed by atoms with Crippen molar-refractivity contribution in [2.24, 2.45) is 0 Å². The highest BCUT2D eigenvalue weighted by Crippen LogP contribution is 2.22. The summed E-state index contributed by atoms with van der Waals surface area (Å²) in [7, 11) is 0. The van der Waals surface area contributed by atoms with Crippen molar-refractivity contribution in [3.63, 3.8) is 0 Å². The summed E-state index contributed by atoms with van der Waals surface area (Å²) in [6, 6.07) is 14.3. The predicted octanol–water partition coefficient (Wildman–Crippen LogP) is 4.07. The molecular weight excluding hydrogens is 336 g/mol. The van der Waals surface area contributed by atoms with Gasteiger partial charge in [-0.15, -0.1) is 0 Å². The van der Waals surface area contributed by atoms with E-state index in [4.69, 9.17) is 0 Å². The summed E-state index contributed by atoms with van der Waals surface area (Å²) in [5.41, 5.74) is 5.66. The fourth-order valence-corrected chi connectivity index (χ4v) is 3.58. The minimum atomic E-state index is 0.0504. The molecule has 4 nitrogen and oxygen atoms in total. The molecule has 0 bridgehead atoms. The fourth-order valence-electron chi connectivity index (χ4n) is 3.58. The highest BCUT2D eigenvalue weighted by molar-refractivity contribution is 5.94. The number of carbonyl (C=O) groups excluding carboxylic acids is 2. The first-order valence-corrected chi connectivity index (χ1v) is 9.75. The molecule has 27 heavy (non-hydrogen) atoms. The SMILES string of the molecule is Cc1ccc(CCC(=O)NCc2cccc(N3CCCCC3=O)c2)c(C)c1. The first kappa shape index (κ1) is 19.2. The van der Waals surface area contributed by atoms with Gasteiger partial charge in [0.1, 0.15) is 0 Å². The second-order valence-electron chi connectivity index (χ2n) is 7.38. The molecular formula is C23H28N2O2. The minimum Gasteiger partial charge on any atom is -0.352 e. The molecule has 0 aliphatic carbocycles. The zero-order chi connectivity index (χ0) is 19.2. The summed E-state index contributed by atoms with van der Waals surface area (Å²) in [5.74, 6) is 0.241. The van der Waals surface area contributed by atoms with Gasteiger partial charge in [-0.2, -0.15) is 0 Å². The van der Waals surface area contributed by atoms with Gasteiger partial charge in [-0.05, 0) is 61.9 Å². The molecule has 1 saturated heterocycles. The number of carbonyl (C=O) groups is 2. The van der Waals surface area contributed by atoms with Crippen LogP contribution in [0.2, 0.25) is 0 Å². The standard InChI is InChI=1S/C23H28N2O2/c1-17-9-10-20(18(2)14-17)11-12-22(26)24-16-19-6-5-7-21(15-19)25-13-4-3-8-23(25)27/h5-7,9-10,14-15H,3-4,8,11-13,16H2,1-2H3,(H,24,26). The van der Waals surface area contributed by atoms with Crippen LogP contribution in [0.4, 0.5) is 5.69 Å². The van der Waals surface area contributed by atoms with E-state index in [1.54, 1.807) is 0 Å². The van der Waals surface area contributed by atoms with Crippen LogP contribution >= 0.6 is 0 Å². The fraction of sp³-hybridized carbons (Fsp3) is 0.391. The second-order valence-corrected chi connectivity index (χ2v) is 7.38. The Morgan fingerprint density at radius 1 is 1.11 bits per heavy atom. The van der Waals surface area contributed by atoms with Crippen molar-refractivity contribution in [3.05, 3.63) is 64.7 Å². The Hall–Kier alpha value is -2.62. The lowest BCUT2D eigenvalue weighted by atomic mass is 10.0. The van der Waals surface area contributed by atoms with Gasteiger partial charge in [-0.25, -0.2) is 0 Å². The first-order chi connectivity index (χ1) is 13.0. The number of benzene rings is 2. The summed E-state index contributed by atoms with van der Waals surface area (Å²) in [6.07, 6.45) is 3.88. The molecule has 0 spiro atoms. The summed E-state index contributed by atoms with van der Waals surface area (Å²) in [6.45, 7) is 5.44. The Kier molecular flexibility index (Phi) is 6.28. The number of amides is 2. The van der Waals surface area contributed by atoms with Crippen molar-refractivity contribution in [3.8, 4) is 0 Å². The average molecular weight is 364 g/mol. The Bertz CT molecular complexity index is 829. The number of nitrogens with zero attached hydrogens (tertiary/aromatic N) is 1. The molecule has 142 valence electrons. The molecule has 2 aromatic carbocycles. The third kappa shape index (κ3) is 5.19. The molecule has 0 atom stereocenters. The van der Waals surface area contributed by atoms with Crippen molar-refractivity contribution in [1.82, 2.24) is 5.32 Å². The molecule has 1 fully saturated rings. The molecule has 1 aliphatic heterocycles. The second kappa shape index (κ2) is 8.85. The smallest absolute Gasteiger partial charge is 0.226 e. The monoisotopic (exact) mass is 364 g/mol. The van der Waals surface area contributed by atoms with E-state index in [0.29, 0.717) is 19.4 Å². The van der Waals surface area contributed by atoms with Gasteiger partial charge >= 0.3 is 0 Å². The van der Waals surface area contributed by atoms with E-state index in [9.17, 15) is 9.59 Å². The Balaban J connectivity index is 1.52. The van der Waals surface area contributed by atoms with Crippen LogP contribution in [0.25, 0.3) is 0 Å². The molecule has 2 amide bonds. The van der Waals surface area contributed by atoms with Crippen LogP contribution in [-0.2, 0) is 22.6 Å². The highest BCUT2D eigenvalue weighted by atomic mass is 16.2. The summed E-state index contributed by atoms with van der Waals surface area (Å²) in [4.78, 5) is 26.2. The zero-order valence-electron chi connectivity index (χ0n) is 16.3. The Labute approximate surface area is 161 Å². The van der Waals surface area contributed by atoms with Crippen LogP contribution in [0, 0.1) is 13.8 Å². The normalized spacial score (nSPS) is 14.3. The molecule has 1 heterocycles. The van der Waals surface area contributed by atoms with E-state index in [2.05, 4.69) is 37.4 Å². The molecule has 4 heteroatoms. The van der Waals surface area contributed by atoms with Crippen LogP contribution < -0.4 is 10.2 Å². The van der Waals surface area contributed by atoms with Gasteiger partial charge in [0.15, 0.2) is 0 Å². The van der Waals surface area contributed by atoms with Crippen LogP contribution in [0.3, 0.4) is 0 Å². The minimum absolute atomic E-state index is 0.0504. The van der Waals surface area contributed by atoms with Crippen LogP contribution in [0.15, 0.2) is 42.5 Å². The van der Waals surface area contributed by atoms with Gasteiger partial charge in [0.05, 0.1) is 0 Å². The maximum atomic E-state index is 12.2. The van der Waals surface area contributed by atoms with E-state index in [-0.39, 0.29) is 11.8 Å². The summed E-state index contributed by atoms with van der Waals surface area (Å²) >= 11 is 0. The van der Waals surface area contributed by atoms with Crippen molar-refractivity contribution < 1.29 is 9.59 Å². The number of rotatable bonds is 6. The molecule has 3 rings (SSSR count). The van der Waals surface area contributed by atoms with Crippen molar-refractivity contribution in [1.29, 1.82) is 0 Å². The van der Waals surface area contributed by atoms with Crippen molar-refractivity contribution >= 4 is 17.5 Å². The summed E-state index contributed by atoms with van der Waals surface area (Å²) in [5, 5.41) is 3.00. The topological polar surface area (TPSA) is 49.4 Å². The van der Waals surface area contributed by atoms with Crippen molar-refractivity contribution in [2.75, 3.05) is 11.4 Å². The van der Waals surface area contributed by atoms with Gasteiger partial charge < -0.3 is 10.2 Å². The Morgan fingerprint density at radius 2 is 1.96 bits per heavy atom. The molecule has 1 aliphatic rings. The van der Waals surface area contributed by atoms with Gasteiger partial charge in [-0.3, -0.25) is 9.59 Å². The molecule has 2 aromatic rings. The molecule has 0 aromatic heterocycles. The molecule has 0 unspecified atom stereocenters. The van der Waals surface area contributed by atoms with Crippen molar-refractivity contribution in [2.45, 2.75) is 52.5 Å². The van der Waals surface area contributed by atoms with Crippen LogP contribution in [0.5, 0.6) is 0 Å². The van der Waals surface area contributed by atoms with E-state index in [0.717, 1.165) is 37.1 Å². The average Bonchev–Trinajstić information content (AvgIpc) is 2.66. The third-order valence-electron chi connectivity index (χ3n) is 5.15. The third-order valence-corrected chi connectivity index (χ3v) is 5.15. The molecule has 1 N–H and O–H groups in total. The van der Waals surface area contributed by atoms with Gasteiger partial charge in [0.25, 0.3) is 0 Å². The number of piperidine rings is 1. The molecule has 0 radical (unpaired) electrons. The number of nitrogens with one attached hydrogen (secondary N) is 1. The lowest BCUT2D eigenvalue weighted by Crippen LogP contribution is -2.35. The van der Waals surface area contributed by atoms with Gasteiger partial charge in [0.2, 0.25) is 11.8 Å². The largest absolute Gasteiger partial charge is 0.352 e. The van der Waals surface area contributed by atoms with Crippen LogP contribution in [0.1, 0.15) is 47.9 Å². The zero-order valence-corrected chi connectivity index (χ0v) is 16.3. The first-order valence-electron chi connectivity index (χ1n) is 9.75. The number of hydrogen-bond acceptors (Lipinski definition) is 2. The summed E-state index contributed by atoms with van der Waals surface area (Å²) < 4.78 is 0. The predicted molar refractivity (Wildman–Crippen MR) is 109 cm³/mol.